The zero-order valence-electron chi connectivity index (χ0n) is 15.0. The fourth-order valence-electron chi connectivity index (χ4n) is 4.36. The summed E-state index contributed by atoms with van der Waals surface area (Å²) in [6.45, 7) is 3.21. The molecule has 0 saturated carbocycles. The number of benzene rings is 1. The van der Waals surface area contributed by atoms with E-state index in [9.17, 15) is 9.59 Å². The van der Waals surface area contributed by atoms with Crippen molar-refractivity contribution in [2.45, 2.75) is 0 Å². The molecule has 2 aromatic heterocycles. The summed E-state index contributed by atoms with van der Waals surface area (Å²) >= 11 is 0. The molecule has 27 heavy (non-hydrogen) atoms. The summed E-state index contributed by atoms with van der Waals surface area (Å²) in [5, 5.41) is 6.19. The van der Waals surface area contributed by atoms with Crippen LogP contribution in [-0.4, -0.2) is 56.7 Å². The van der Waals surface area contributed by atoms with Gasteiger partial charge in [-0.3, -0.25) is 9.59 Å². The molecule has 138 valence electrons. The number of aromatic amines is 1. The first kappa shape index (κ1) is 16.0. The molecular weight excluding hydrogens is 344 g/mol. The second kappa shape index (κ2) is 5.94. The highest BCUT2D eigenvalue weighted by molar-refractivity contribution is 5.92. The fourth-order valence-corrected chi connectivity index (χ4v) is 4.36. The van der Waals surface area contributed by atoms with E-state index in [-0.39, 0.29) is 11.5 Å². The van der Waals surface area contributed by atoms with Crippen LogP contribution in [0.15, 0.2) is 41.2 Å². The Morgan fingerprint density at radius 3 is 2.48 bits per heavy atom. The normalized spacial score (nSPS) is 21.8. The lowest BCUT2D eigenvalue weighted by molar-refractivity contribution is 0.0775. The van der Waals surface area contributed by atoms with Crippen molar-refractivity contribution in [3.8, 4) is 0 Å². The van der Waals surface area contributed by atoms with Crippen molar-refractivity contribution in [3.05, 3.63) is 52.4 Å². The SMILES string of the molecule is Cn1c(N2CC3CN(C(=O)c4ccc(=O)[nH]n4)CC3C2)nc2ccccc21. The molecule has 1 aromatic carbocycles. The van der Waals surface area contributed by atoms with Gasteiger partial charge in [-0.2, -0.15) is 5.10 Å². The number of para-hydroxylation sites is 2. The molecule has 3 aromatic rings. The minimum absolute atomic E-state index is 0.116. The van der Waals surface area contributed by atoms with Gasteiger partial charge in [-0.25, -0.2) is 10.1 Å². The molecule has 8 heteroatoms. The van der Waals surface area contributed by atoms with Gasteiger partial charge in [0.1, 0.15) is 5.69 Å². The van der Waals surface area contributed by atoms with Gasteiger partial charge in [-0.1, -0.05) is 12.1 Å². The maximum Gasteiger partial charge on any atom is 0.274 e. The molecule has 0 bridgehead atoms. The zero-order valence-corrected chi connectivity index (χ0v) is 15.0. The number of carbonyl (C=O) groups is 1. The number of rotatable bonds is 2. The van der Waals surface area contributed by atoms with Crippen LogP contribution in [0.2, 0.25) is 0 Å². The van der Waals surface area contributed by atoms with Crippen LogP contribution in [0.4, 0.5) is 5.95 Å². The molecule has 2 saturated heterocycles. The number of imidazole rings is 1. The molecule has 1 amide bonds. The summed E-state index contributed by atoms with van der Waals surface area (Å²) in [5.41, 5.74) is 2.13. The Bertz CT molecular complexity index is 1050. The summed E-state index contributed by atoms with van der Waals surface area (Å²) in [6.07, 6.45) is 0. The minimum Gasteiger partial charge on any atom is -0.342 e. The van der Waals surface area contributed by atoms with Crippen molar-refractivity contribution in [2.24, 2.45) is 18.9 Å². The van der Waals surface area contributed by atoms with Crippen molar-refractivity contribution < 1.29 is 4.79 Å². The van der Waals surface area contributed by atoms with Crippen molar-refractivity contribution >= 4 is 22.9 Å². The lowest BCUT2D eigenvalue weighted by atomic mass is 10.0. The molecule has 2 fully saturated rings. The van der Waals surface area contributed by atoms with Gasteiger partial charge in [0.2, 0.25) is 5.95 Å². The number of anilines is 1. The Morgan fingerprint density at radius 2 is 1.81 bits per heavy atom. The molecule has 2 aliphatic rings. The van der Waals surface area contributed by atoms with Gasteiger partial charge in [-0.05, 0) is 18.2 Å². The molecule has 2 aliphatic heterocycles. The van der Waals surface area contributed by atoms with E-state index < -0.39 is 0 Å². The van der Waals surface area contributed by atoms with Crippen molar-refractivity contribution in [2.75, 3.05) is 31.1 Å². The quantitative estimate of drug-likeness (QED) is 0.729. The second-order valence-corrected chi connectivity index (χ2v) is 7.40. The lowest BCUT2D eigenvalue weighted by Crippen LogP contribution is -2.34. The molecule has 2 unspecified atom stereocenters. The molecular formula is C19H20N6O2. The van der Waals surface area contributed by atoms with Gasteiger partial charge in [0.15, 0.2) is 0 Å². The highest BCUT2D eigenvalue weighted by Gasteiger charge is 2.43. The number of hydrogen-bond donors (Lipinski definition) is 1. The summed E-state index contributed by atoms with van der Waals surface area (Å²) in [4.78, 5) is 32.7. The van der Waals surface area contributed by atoms with E-state index in [0.29, 0.717) is 30.6 Å². The predicted octanol–water partition coefficient (Wildman–Crippen LogP) is 0.865. The van der Waals surface area contributed by atoms with Gasteiger partial charge in [-0.15, -0.1) is 0 Å². The number of nitrogens with zero attached hydrogens (tertiary/aromatic N) is 5. The minimum atomic E-state index is -0.303. The Balaban J connectivity index is 1.32. The molecule has 5 rings (SSSR count). The third-order valence-corrected chi connectivity index (χ3v) is 5.72. The van der Waals surface area contributed by atoms with Gasteiger partial charge in [0, 0.05) is 51.1 Å². The van der Waals surface area contributed by atoms with Crippen LogP contribution in [0.1, 0.15) is 10.5 Å². The number of aromatic nitrogens is 4. The van der Waals surface area contributed by atoms with E-state index in [1.807, 2.05) is 23.1 Å². The number of likely N-dealkylation sites (tertiary alicyclic amines) is 1. The third-order valence-electron chi connectivity index (χ3n) is 5.72. The molecule has 1 N–H and O–H groups in total. The average Bonchev–Trinajstić information content (AvgIpc) is 3.33. The van der Waals surface area contributed by atoms with E-state index in [2.05, 4.69) is 32.8 Å². The van der Waals surface area contributed by atoms with E-state index in [1.165, 1.54) is 12.1 Å². The highest BCUT2D eigenvalue weighted by atomic mass is 16.2. The largest absolute Gasteiger partial charge is 0.342 e. The second-order valence-electron chi connectivity index (χ2n) is 7.40. The number of H-pyrrole nitrogens is 1. The summed E-state index contributed by atoms with van der Waals surface area (Å²) in [5.74, 6) is 1.73. The van der Waals surface area contributed by atoms with Crippen LogP contribution in [-0.2, 0) is 7.05 Å². The van der Waals surface area contributed by atoms with Gasteiger partial charge in [0.05, 0.1) is 11.0 Å². The number of fused-ring (bicyclic) bond motifs is 2. The van der Waals surface area contributed by atoms with Gasteiger partial charge in [0.25, 0.3) is 11.5 Å². The molecule has 8 nitrogen and oxygen atoms in total. The standard InChI is InChI=1S/C19H20N6O2/c1-23-16-5-3-2-4-14(16)20-19(23)25-10-12-8-24(9-13(12)11-25)18(27)15-6-7-17(26)22-21-15/h2-7,12-13H,8-11H2,1H3,(H,22,26). The molecule has 0 radical (unpaired) electrons. The van der Waals surface area contributed by atoms with E-state index in [4.69, 9.17) is 4.98 Å². The first-order chi connectivity index (χ1) is 13.1. The Hall–Kier alpha value is -3.16. The molecule has 0 aliphatic carbocycles. The first-order valence-electron chi connectivity index (χ1n) is 9.11. The smallest absolute Gasteiger partial charge is 0.274 e. The van der Waals surface area contributed by atoms with Crippen LogP contribution < -0.4 is 10.5 Å². The lowest BCUT2D eigenvalue weighted by Gasteiger charge is -2.22. The maximum atomic E-state index is 12.6. The van der Waals surface area contributed by atoms with Crippen LogP contribution in [0.5, 0.6) is 0 Å². The molecule has 0 spiro atoms. The Morgan fingerprint density at radius 1 is 1.07 bits per heavy atom. The van der Waals surface area contributed by atoms with E-state index in [1.54, 1.807) is 0 Å². The van der Waals surface area contributed by atoms with E-state index in [0.717, 1.165) is 30.1 Å². The highest BCUT2D eigenvalue weighted by Crippen LogP contribution is 2.34. The number of nitrogens with one attached hydrogen (secondary N) is 1. The fraction of sp³-hybridized carbons (Fsp3) is 0.368. The van der Waals surface area contributed by atoms with Gasteiger partial charge < -0.3 is 14.4 Å². The molecule has 4 heterocycles. The van der Waals surface area contributed by atoms with E-state index >= 15 is 0 Å². The van der Waals surface area contributed by atoms with Crippen molar-refractivity contribution in [1.82, 2.24) is 24.6 Å². The third kappa shape index (κ3) is 2.59. The Kier molecular flexibility index (Phi) is 3.53. The van der Waals surface area contributed by atoms with Crippen LogP contribution in [0, 0.1) is 11.8 Å². The predicted molar refractivity (Wildman–Crippen MR) is 101 cm³/mol. The average molecular weight is 364 g/mol. The summed E-state index contributed by atoms with van der Waals surface area (Å²) < 4.78 is 2.14. The number of amides is 1. The van der Waals surface area contributed by atoms with Crippen molar-refractivity contribution in [3.63, 3.8) is 0 Å². The maximum absolute atomic E-state index is 12.6. The Labute approximate surface area is 155 Å². The van der Waals surface area contributed by atoms with Crippen molar-refractivity contribution in [1.29, 1.82) is 0 Å². The summed E-state index contributed by atoms with van der Waals surface area (Å²) in [6, 6.07) is 11.0. The summed E-state index contributed by atoms with van der Waals surface area (Å²) in [7, 11) is 2.05. The van der Waals surface area contributed by atoms with Crippen LogP contribution >= 0.6 is 0 Å². The number of carbonyl (C=O) groups excluding carboxylic acids is 1. The number of hydrogen-bond acceptors (Lipinski definition) is 5. The van der Waals surface area contributed by atoms with Crippen LogP contribution in [0.3, 0.4) is 0 Å². The monoisotopic (exact) mass is 364 g/mol. The first-order valence-corrected chi connectivity index (χ1v) is 9.11. The molecule has 2 atom stereocenters. The topological polar surface area (TPSA) is 87.1 Å². The number of aryl methyl sites for hydroxylation is 1. The van der Waals surface area contributed by atoms with Gasteiger partial charge >= 0.3 is 0 Å². The zero-order chi connectivity index (χ0) is 18.5. The van der Waals surface area contributed by atoms with Crippen LogP contribution in [0.25, 0.3) is 11.0 Å².